The normalized spacial score (nSPS) is 16.8. The van der Waals surface area contributed by atoms with Crippen LogP contribution in [0.5, 0.6) is 5.75 Å². The van der Waals surface area contributed by atoms with Gasteiger partial charge in [-0.05, 0) is 55.3 Å². The van der Waals surface area contributed by atoms with E-state index in [1.165, 1.54) is 0 Å². The van der Waals surface area contributed by atoms with E-state index in [2.05, 4.69) is 22.3 Å². The first kappa shape index (κ1) is 17.3. The molecule has 3 aromatic rings. The Morgan fingerprint density at radius 3 is 2.67 bits per heavy atom. The smallest absolute Gasteiger partial charge is 0.257 e. The molecule has 1 unspecified atom stereocenters. The molecule has 2 aromatic carbocycles. The molecule has 0 spiro atoms. The summed E-state index contributed by atoms with van der Waals surface area (Å²) in [6.07, 6.45) is 0.384. The van der Waals surface area contributed by atoms with Crippen molar-refractivity contribution < 1.29 is 14.1 Å². The maximum atomic E-state index is 12.6. The van der Waals surface area contributed by atoms with Gasteiger partial charge in [0, 0.05) is 30.1 Å². The van der Waals surface area contributed by atoms with Crippen molar-refractivity contribution in [3.63, 3.8) is 0 Å². The monoisotopic (exact) mass is 363 g/mol. The van der Waals surface area contributed by atoms with Gasteiger partial charge >= 0.3 is 0 Å². The number of anilines is 1. The molecule has 6 heteroatoms. The second-order valence-corrected chi connectivity index (χ2v) is 6.88. The number of aryl methyl sites for hydroxylation is 2. The van der Waals surface area contributed by atoms with Crippen LogP contribution in [-0.4, -0.2) is 29.7 Å². The van der Waals surface area contributed by atoms with E-state index in [9.17, 15) is 4.79 Å². The lowest BCUT2D eigenvalue weighted by atomic mass is 10.1. The highest BCUT2D eigenvalue weighted by Crippen LogP contribution is 2.33. The van der Waals surface area contributed by atoms with Gasteiger partial charge in [0.15, 0.2) is 5.82 Å². The molecule has 1 aliphatic rings. The fourth-order valence-corrected chi connectivity index (χ4v) is 3.38. The second-order valence-electron chi connectivity index (χ2n) is 6.88. The summed E-state index contributed by atoms with van der Waals surface area (Å²) < 4.78 is 10.6. The first-order valence-corrected chi connectivity index (χ1v) is 8.91. The quantitative estimate of drug-likeness (QED) is 0.703. The zero-order chi connectivity index (χ0) is 19.0. The van der Waals surface area contributed by atoms with Gasteiger partial charge in [0.2, 0.25) is 5.91 Å². The Kier molecular flexibility index (Phi) is 4.39. The van der Waals surface area contributed by atoms with Crippen molar-refractivity contribution in [2.75, 3.05) is 18.6 Å². The summed E-state index contributed by atoms with van der Waals surface area (Å²) in [7, 11) is 1.62. The number of nitrogens with zero attached hydrogens (tertiary/aromatic N) is 3. The Labute approximate surface area is 157 Å². The molecule has 27 heavy (non-hydrogen) atoms. The molecule has 4 rings (SSSR count). The Balaban J connectivity index is 1.56. The van der Waals surface area contributed by atoms with Crippen LogP contribution < -0.4 is 9.64 Å². The minimum absolute atomic E-state index is 0.0758. The molecule has 0 radical (unpaired) electrons. The molecule has 0 aliphatic carbocycles. The van der Waals surface area contributed by atoms with Crippen molar-refractivity contribution in [1.82, 2.24) is 10.1 Å². The van der Waals surface area contributed by atoms with E-state index < -0.39 is 0 Å². The minimum atomic E-state index is -0.0758. The van der Waals surface area contributed by atoms with Gasteiger partial charge in [-0.3, -0.25) is 4.79 Å². The molecule has 1 aliphatic heterocycles. The molecule has 0 saturated carbocycles. The molecule has 0 N–H and O–H groups in total. The maximum Gasteiger partial charge on any atom is 0.257 e. The number of aromatic nitrogens is 2. The van der Waals surface area contributed by atoms with Crippen LogP contribution in [0.15, 0.2) is 47.0 Å². The van der Waals surface area contributed by atoms with Crippen LogP contribution >= 0.6 is 0 Å². The van der Waals surface area contributed by atoms with Gasteiger partial charge in [0.25, 0.3) is 5.89 Å². The van der Waals surface area contributed by atoms with E-state index in [1.807, 2.05) is 49.1 Å². The third-order valence-corrected chi connectivity index (χ3v) is 4.92. The average Bonchev–Trinajstić information content (AvgIpc) is 3.31. The van der Waals surface area contributed by atoms with Crippen LogP contribution in [0.1, 0.15) is 29.3 Å². The van der Waals surface area contributed by atoms with Crippen LogP contribution in [0.25, 0.3) is 11.5 Å². The molecule has 1 aromatic heterocycles. The van der Waals surface area contributed by atoms with Gasteiger partial charge in [0.1, 0.15) is 5.75 Å². The Morgan fingerprint density at radius 2 is 1.93 bits per heavy atom. The Morgan fingerprint density at radius 1 is 1.15 bits per heavy atom. The fraction of sp³-hybridized carbons (Fsp3) is 0.286. The number of rotatable bonds is 4. The number of hydrogen-bond donors (Lipinski definition) is 0. The number of ether oxygens (including phenoxy) is 1. The molecule has 1 fully saturated rings. The lowest BCUT2D eigenvalue weighted by molar-refractivity contribution is -0.117. The standard InChI is InChI=1S/C21H21N3O3/c1-13-4-5-14(2)18(10-13)24-12-16(11-19(24)25)20-22-21(27-23-20)15-6-8-17(26-3)9-7-15/h4-10,16H,11-12H2,1-3H3. The predicted octanol–water partition coefficient (Wildman–Crippen LogP) is 3.88. The molecule has 0 bridgehead atoms. The number of carbonyl (C=O) groups is 1. The minimum Gasteiger partial charge on any atom is -0.497 e. The van der Waals surface area contributed by atoms with Crippen molar-refractivity contribution in [2.45, 2.75) is 26.2 Å². The van der Waals surface area contributed by atoms with Gasteiger partial charge in [-0.15, -0.1) is 0 Å². The van der Waals surface area contributed by atoms with Crippen LogP contribution in [0.4, 0.5) is 5.69 Å². The third kappa shape index (κ3) is 3.30. The summed E-state index contributed by atoms with van der Waals surface area (Å²) in [5.74, 6) is 1.80. The molecule has 1 atom stereocenters. The topological polar surface area (TPSA) is 68.5 Å². The summed E-state index contributed by atoms with van der Waals surface area (Å²) in [5.41, 5.74) is 4.00. The zero-order valence-electron chi connectivity index (χ0n) is 15.6. The molecule has 2 heterocycles. The van der Waals surface area contributed by atoms with E-state index in [0.29, 0.717) is 24.7 Å². The van der Waals surface area contributed by atoms with Crippen molar-refractivity contribution in [3.05, 3.63) is 59.4 Å². The maximum absolute atomic E-state index is 12.6. The predicted molar refractivity (Wildman–Crippen MR) is 102 cm³/mol. The van der Waals surface area contributed by atoms with Crippen molar-refractivity contribution in [1.29, 1.82) is 0 Å². The third-order valence-electron chi connectivity index (χ3n) is 4.92. The van der Waals surface area contributed by atoms with Crippen LogP contribution in [-0.2, 0) is 4.79 Å². The summed E-state index contributed by atoms with van der Waals surface area (Å²) in [4.78, 5) is 18.9. The van der Waals surface area contributed by atoms with Crippen molar-refractivity contribution >= 4 is 11.6 Å². The number of amides is 1. The van der Waals surface area contributed by atoms with Crippen LogP contribution in [0, 0.1) is 13.8 Å². The molecule has 138 valence electrons. The van der Waals surface area contributed by atoms with Crippen molar-refractivity contribution in [2.24, 2.45) is 0 Å². The SMILES string of the molecule is COc1ccc(-c2nc(C3CC(=O)N(c4cc(C)ccc4C)C3)no2)cc1. The van der Waals surface area contributed by atoms with E-state index >= 15 is 0 Å². The summed E-state index contributed by atoms with van der Waals surface area (Å²) in [6.45, 7) is 4.61. The number of benzene rings is 2. The molecule has 1 amide bonds. The van der Waals surface area contributed by atoms with Gasteiger partial charge in [-0.1, -0.05) is 17.3 Å². The Bertz CT molecular complexity index is 979. The Hall–Kier alpha value is -3.15. The highest BCUT2D eigenvalue weighted by atomic mass is 16.5. The number of carbonyl (C=O) groups excluding carboxylic acids is 1. The lowest BCUT2D eigenvalue weighted by Crippen LogP contribution is -2.25. The number of methoxy groups -OCH3 is 1. The van der Waals surface area contributed by atoms with E-state index in [-0.39, 0.29) is 11.8 Å². The zero-order valence-corrected chi connectivity index (χ0v) is 15.6. The largest absolute Gasteiger partial charge is 0.497 e. The number of hydrogen-bond acceptors (Lipinski definition) is 5. The first-order valence-electron chi connectivity index (χ1n) is 8.91. The van der Waals surface area contributed by atoms with E-state index in [4.69, 9.17) is 9.26 Å². The highest BCUT2D eigenvalue weighted by molar-refractivity contribution is 5.97. The molecule has 6 nitrogen and oxygen atoms in total. The first-order chi connectivity index (χ1) is 13.0. The van der Waals surface area contributed by atoms with Gasteiger partial charge in [-0.2, -0.15) is 4.98 Å². The summed E-state index contributed by atoms with van der Waals surface area (Å²) >= 11 is 0. The lowest BCUT2D eigenvalue weighted by Gasteiger charge is -2.19. The summed E-state index contributed by atoms with van der Waals surface area (Å²) in [5, 5.41) is 4.12. The van der Waals surface area contributed by atoms with Gasteiger partial charge in [-0.25, -0.2) is 0 Å². The molecular formula is C21H21N3O3. The van der Waals surface area contributed by atoms with Gasteiger partial charge in [0.05, 0.1) is 7.11 Å². The average molecular weight is 363 g/mol. The van der Waals surface area contributed by atoms with E-state index in [1.54, 1.807) is 7.11 Å². The van der Waals surface area contributed by atoms with Crippen molar-refractivity contribution in [3.8, 4) is 17.2 Å². The second kappa shape index (κ2) is 6.87. The van der Waals surface area contributed by atoms with E-state index in [0.717, 1.165) is 28.1 Å². The molecular weight excluding hydrogens is 342 g/mol. The molecule has 1 saturated heterocycles. The highest BCUT2D eigenvalue weighted by Gasteiger charge is 2.35. The summed E-state index contributed by atoms with van der Waals surface area (Å²) in [6, 6.07) is 13.6. The van der Waals surface area contributed by atoms with Gasteiger partial charge < -0.3 is 14.2 Å². The fourth-order valence-electron chi connectivity index (χ4n) is 3.38. The van der Waals surface area contributed by atoms with Crippen LogP contribution in [0.2, 0.25) is 0 Å². The van der Waals surface area contributed by atoms with Crippen LogP contribution in [0.3, 0.4) is 0 Å².